The van der Waals surface area contributed by atoms with Crippen LogP contribution < -0.4 is 0 Å². The topological polar surface area (TPSA) is 20.2 Å². The highest BCUT2D eigenvalue weighted by atomic mass is 32.1. The van der Waals surface area contributed by atoms with Crippen molar-refractivity contribution in [2.45, 2.75) is 46.6 Å². The van der Waals surface area contributed by atoms with Gasteiger partial charge in [0.2, 0.25) is 0 Å². The van der Waals surface area contributed by atoms with Gasteiger partial charge in [-0.15, -0.1) is 0 Å². The maximum absolute atomic E-state index is 10.3. The highest BCUT2D eigenvalue weighted by molar-refractivity contribution is 7.08. The summed E-state index contributed by atoms with van der Waals surface area (Å²) in [4.78, 5) is 0. The van der Waals surface area contributed by atoms with E-state index in [1.54, 1.807) is 11.3 Å². The van der Waals surface area contributed by atoms with Gasteiger partial charge in [0.1, 0.15) is 0 Å². The molecule has 2 atom stereocenters. The summed E-state index contributed by atoms with van der Waals surface area (Å²) in [6.45, 7) is 8.19. The van der Waals surface area contributed by atoms with Crippen molar-refractivity contribution in [3.05, 3.63) is 94.2 Å². The van der Waals surface area contributed by atoms with Crippen LogP contribution in [0.2, 0.25) is 0 Å². The van der Waals surface area contributed by atoms with E-state index >= 15 is 0 Å². The Labute approximate surface area is 203 Å². The van der Waals surface area contributed by atoms with Gasteiger partial charge in [-0.25, -0.2) is 0 Å². The minimum absolute atomic E-state index is 0.00713. The molecule has 0 amide bonds. The quantitative estimate of drug-likeness (QED) is 0.269. The van der Waals surface area contributed by atoms with Crippen molar-refractivity contribution in [3.8, 4) is 23.0 Å². The molecule has 0 aliphatic carbocycles. The van der Waals surface area contributed by atoms with Crippen LogP contribution in [0.4, 0.5) is 0 Å². The zero-order valence-electron chi connectivity index (χ0n) is 20.1. The molecule has 0 bridgehead atoms. The predicted molar refractivity (Wildman–Crippen MR) is 145 cm³/mol. The Kier molecular flexibility index (Phi) is 8.89. The Bertz CT molecular complexity index is 1130. The van der Waals surface area contributed by atoms with Crippen LogP contribution in [0.15, 0.2) is 77.5 Å². The molecule has 0 radical (unpaired) electrons. The first-order chi connectivity index (χ1) is 15.8. The Hall–Kier alpha value is -2.86. The largest absolute Gasteiger partial charge is 0.393 e. The second-order valence-corrected chi connectivity index (χ2v) is 10.4. The summed E-state index contributed by atoms with van der Waals surface area (Å²) >= 11 is 1.72. The van der Waals surface area contributed by atoms with E-state index in [1.807, 2.05) is 13.0 Å². The van der Waals surface area contributed by atoms with Crippen molar-refractivity contribution in [1.29, 1.82) is 0 Å². The molecule has 0 saturated carbocycles. The van der Waals surface area contributed by atoms with E-state index in [0.717, 1.165) is 12.8 Å². The lowest BCUT2D eigenvalue weighted by molar-refractivity contribution is 0.126. The number of hydrogen-bond donors (Lipinski definition) is 1. The number of rotatable bonds is 8. The van der Waals surface area contributed by atoms with Crippen LogP contribution in [0.25, 0.3) is 23.3 Å². The molecule has 0 aliphatic rings. The standard InChI is InChI=1S/C31H34OS/c1-24(32)28(13-6-5-7-18-31(2,3)4)22-27-12-8-10-25(20-27)15-16-26-11-9-14-29(21-26)30-17-19-33-23-30/h5-6,8-12,14-17,19-21,23-24,28,32H,13,22H2,1-4H3. The van der Waals surface area contributed by atoms with E-state index in [-0.39, 0.29) is 17.4 Å². The van der Waals surface area contributed by atoms with E-state index in [2.05, 4.69) is 116 Å². The summed E-state index contributed by atoms with van der Waals surface area (Å²) in [5.74, 6) is 6.50. The summed E-state index contributed by atoms with van der Waals surface area (Å²) in [6, 6.07) is 19.4. The molecule has 3 aromatic rings. The number of benzene rings is 2. The van der Waals surface area contributed by atoms with Crippen molar-refractivity contribution in [1.82, 2.24) is 0 Å². The van der Waals surface area contributed by atoms with Crippen molar-refractivity contribution in [2.75, 3.05) is 0 Å². The molecule has 1 heterocycles. The van der Waals surface area contributed by atoms with Crippen LogP contribution in [0.1, 0.15) is 50.8 Å². The van der Waals surface area contributed by atoms with Crippen molar-refractivity contribution < 1.29 is 5.11 Å². The van der Waals surface area contributed by atoms with E-state index < -0.39 is 0 Å². The number of hydrogen-bond acceptors (Lipinski definition) is 2. The average molecular weight is 455 g/mol. The number of aliphatic hydroxyl groups excluding tert-OH is 1. The lowest BCUT2D eigenvalue weighted by Gasteiger charge is -2.18. The van der Waals surface area contributed by atoms with Crippen LogP contribution in [-0.4, -0.2) is 11.2 Å². The third kappa shape index (κ3) is 8.54. The van der Waals surface area contributed by atoms with Gasteiger partial charge in [-0.3, -0.25) is 0 Å². The molecule has 0 aliphatic heterocycles. The number of aliphatic hydroxyl groups is 1. The van der Waals surface area contributed by atoms with Crippen LogP contribution in [0, 0.1) is 23.2 Å². The summed E-state index contributed by atoms with van der Waals surface area (Å²) in [7, 11) is 0. The smallest absolute Gasteiger partial charge is 0.0546 e. The highest BCUT2D eigenvalue weighted by Crippen LogP contribution is 2.24. The van der Waals surface area contributed by atoms with E-state index in [4.69, 9.17) is 0 Å². The van der Waals surface area contributed by atoms with Gasteiger partial charge < -0.3 is 5.11 Å². The van der Waals surface area contributed by atoms with E-state index in [0.29, 0.717) is 0 Å². The minimum atomic E-state index is -0.371. The first kappa shape index (κ1) is 24.8. The third-order valence-electron chi connectivity index (χ3n) is 5.43. The molecule has 0 spiro atoms. The maximum atomic E-state index is 10.3. The summed E-state index contributed by atoms with van der Waals surface area (Å²) in [6.07, 6.45) is 9.61. The highest BCUT2D eigenvalue weighted by Gasteiger charge is 2.14. The minimum Gasteiger partial charge on any atom is -0.393 e. The van der Waals surface area contributed by atoms with Gasteiger partial charge in [0, 0.05) is 5.41 Å². The van der Waals surface area contributed by atoms with Gasteiger partial charge in [0.25, 0.3) is 0 Å². The molecule has 0 fully saturated rings. The molecule has 1 aromatic heterocycles. The van der Waals surface area contributed by atoms with E-state index in [1.165, 1.54) is 27.8 Å². The second kappa shape index (κ2) is 11.8. The molecule has 1 N–H and O–H groups in total. The molecular formula is C31H34OS. The molecule has 1 nitrogen and oxygen atoms in total. The Morgan fingerprint density at radius 2 is 1.70 bits per heavy atom. The SMILES string of the molecule is CC(O)C(CC=CC#CC(C)(C)C)Cc1cccc(C=Cc2cccc(-c3ccsc3)c2)c1. The fourth-order valence-electron chi connectivity index (χ4n) is 3.58. The molecule has 2 heteroatoms. The second-order valence-electron chi connectivity index (χ2n) is 9.58. The molecule has 2 unspecified atom stereocenters. The average Bonchev–Trinajstić information content (AvgIpc) is 3.31. The van der Waals surface area contributed by atoms with Crippen LogP contribution >= 0.6 is 11.3 Å². The third-order valence-corrected chi connectivity index (χ3v) is 6.11. The lowest BCUT2D eigenvalue weighted by Crippen LogP contribution is -2.18. The Balaban J connectivity index is 1.66. The molecule has 0 saturated heterocycles. The first-order valence-corrected chi connectivity index (χ1v) is 12.5. The van der Waals surface area contributed by atoms with Crippen LogP contribution in [0.5, 0.6) is 0 Å². The van der Waals surface area contributed by atoms with Gasteiger partial charge in [-0.2, -0.15) is 11.3 Å². The lowest BCUT2D eigenvalue weighted by atomic mass is 9.91. The maximum Gasteiger partial charge on any atom is 0.0546 e. The molecule has 170 valence electrons. The zero-order valence-corrected chi connectivity index (χ0v) is 20.9. The summed E-state index contributed by atoms with van der Waals surface area (Å²) in [5, 5.41) is 14.6. The Morgan fingerprint density at radius 3 is 2.36 bits per heavy atom. The van der Waals surface area contributed by atoms with Crippen LogP contribution in [0.3, 0.4) is 0 Å². The molecule has 3 rings (SSSR count). The predicted octanol–water partition coefficient (Wildman–Crippen LogP) is 8.12. The molecule has 2 aromatic carbocycles. The van der Waals surface area contributed by atoms with Crippen molar-refractivity contribution in [3.63, 3.8) is 0 Å². The van der Waals surface area contributed by atoms with Crippen LogP contribution in [-0.2, 0) is 6.42 Å². The summed E-state index contributed by atoms with van der Waals surface area (Å²) < 4.78 is 0. The Morgan fingerprint density at radius 1 is 0.970 bits per heavy atom. The molecule has 33 heavy (non-hydrogen) atoms. The fraction of sp³-hybridized carbons (Fsp3) is 0.290. The number of allylic oxidation sites excluding steroid dienone is 2. The normalized spacial score (nSPS) is 13.7. The first-order valence-electron chi connectivity index (χ1n) is 11.6. The zero-order chi connectivity index (χ0) is 23.7. The van der Waals surface area contributed by atoms with Gasteiger partial charge in [-0.05, 0) is 103 Å². The fourth-order valence-corrected chi connectivity index (χ4v) is 4.25. The van der Waals surface area contributed by atoms with Crippen molar-refractivity contribution >= 4 is 23.5 Å². The van der Waals surface area contributed by atoms with Gasteiger partial charge >= 0.3 is 0 Å². The molecular weight excluding hydrogens is 420 g/mol. The van der Waals surface area contributed by atoms with Gasteiger partial charge in [0.15, 0.2) is 0 Å². The summed E-state index contributed by atoms with van der Waals surface area (Å²) in [5.41, 5.74) is 6.11. The monoisotopic (exact) mass is 454 g/mol. The van der Waals surface area contributed by atoms with Gasteiger partial charge in [-0.1, -0.05) is 72.5 Å². The van der Waals surface area contributed by atoms with Crippen molar-refractivity contribution in [2.24, 2.45) is 11.3 Å². The van der Waals surface area contributed by atoms with Gasteiger partial charge in [0.05, 0.1) is 6.10 Å². The van der Waals surface area contributed by atoms with E-state index in [9.17, 15) is 5.11 Å². The number of thiophene rings is 1.